The van der Waals surface area contributed by atoms with E-state index in [1.54, 1.807) is 18.2 Å². The molecule has 1 N–H and O–H groups in total. The van der Waals surface area contributed by atoms with Gasteiger partial charge in [-0.3, -0.25) is 14.3 Å². The first-order valence-corrected chi connectivity index (χ1v) is 8.10. The van der Waals surface area contributed by atoms with Crippen LogP contribution in [0.2, 0.25) is 10.2 Å². The molecule has 6 heteroatoms. The molecule has 24 heavy (non-hydrogen) atoms. The second-order valence-corrected chi connectivity index (χ2v) is 6.22. The summed E-state index contributed by atoms with van der Waals surface area (Å²) >= 11 is 12.1. The van der Waals surface area contributed by atoms with Crippen LogP contribution in [0.4, 0.5) is 0 Å². The maximum Gasteiger partial charge on any atom is 0.329 e. The number of hydrogen-bond acceptors (Lipinski definition) is 2. The van der Waals surface area contributed by atoms with E-state index in [0.717, 1.165) is 15.7 Å². The lowest BCUT2D eigenvalue weighted by Crippen LogP contribution is -2.37. The number of aromatic amines is 1. The molecule has 0 saturated heterocycles. The summed E-state index contributed by atoms with van der Waals surface area (Å²) in [6.07, 6.45) is 0.295. The Morgan fingerprint density at radius 1 is 0.917 bits per heavy atom. The number of H-pyrrole nitrogens is 1. The Hall–Kier alpha value is -2.30. The quantitative estimate of drug-likeness (QED) is 0.724. The van der Waals surface area contributed by atoms with Crippen molar-refractivity contribution in [2.45, 2.75) is 13.0 Å². The van der Waals surface area contributed by atoms with Gasteiger partial charge in [-0.15, -0.1) is 0 Å². The van der Waals surface area contributed by atoms with Crippen LogP contribution in [0.5, 0.6) is 0 Å². The molecule has 0 fully saturated rings. The standard InChI is InChI=1S/C18H14Cl2N2O2/c19-14-8-4-7-13(9-14)10-15-16(20)21-18(24)22(17(15)23)11-12-5-2-1-3-6-12/h1-9H,10-11H2,(H,21,24). The second-order valence-electron chi connectivity index (χ2n) is 5.41. The Kier molecular flexibility index (Phi) is 4.88. The zero-order valence-corrected chi connectivity index (χ0v) is 14.1. The third-order valence-corrected chi connectivity index (χ3v) is 4.24. The van der Waals surface area contributed by atoms with Gasteiger partial charge in [-0.25, -0.2) is 4.79 Å². The van der Waals surface area contributed by atoms with Gasteiger partial charge in [-0.1, -0.05) is 65.7 Å². The fourth-order valence-electron chi connectivity index (χ4n) is 2.50. The average Bonchev–Trinajstić information content (AvgIpc) is 2.56. The van der Waals surface area contributed by atoms with Crippen molar-refractivity contribution in [1.82, 2.24) is 9.55 Å². The van der Waals surface area contributed by atoms with Gasteiger partial charge in [-0.2, -0.15) is 0 Å². The predicted octanol–water partition coefficient (Wildman–Crippen LogP) is 3.48. The molecule has 0 atom stereocenters. The predicted molar refractivity (Wildman–Crippen MR) is 96.1 cm³/mol. The molecule has 2 aromatic carbocycles. The van der Waals surface area contributed by atoms with E-state index in [1.807, 2.05) is 36.4 Å². The first kappa shape index (κ1) is 16.6. The van der Waals surface area contributed by atoms with Gasteiger partial charge in [0.15, 0.2) is 0 Å². The summed E-state index contributed by atoms with van der Waals surface area (Å²) < 4.78 is 1.15. The molecule has 1 heterocycles. The molecule has 4 nitrogen and oxygen atoms in total. The molecular formula is C18H14Cl2N2O2. The third-order valence-electron chi connectivity index (χ3n) is 3.68. The lowest BCUT2D eigenvalue weighted by molar-refractivity contribution is 0.688. The molecule has 0 aliphatic carbocycles. The van der Waals surface area contributed by atoms with Gasteiger partial charge in [0.1, 0.15) is 5.15 Å². The fraction of sp³-hybridized carbons (Fsp3) is 0.111. The number of aromatic nitrogens is 2. The van der Waals surface area contributed by atoms with E-state index in [4.69, 9.17) is 23.2 Å². The van der Waals surface area contributed by atoms with Crippen molar-refractivity contribution in [2.24, 2.45) is 0 Å². The largest absolute Gasteiger partial charge is 0.329 e. The first-order valence-electron chi connectivity index (χ1n) is 7.34. The number of benzene rings is 2. The average molecular weight is 361 g/mol. The second kappa shape index (κ2) is 7.07. The van der Waals surface area contributed by atoms with Crippen molar-refractivity contribution < 1.29 is 0 Å². The maximum absolute atomic E-state index is 12.7. The fourth-order valence-corrected chi connectivity index (χ4v) is 2.94. The minimum atomic E-state index is -0.524. The molecule has 3 rings (SSSR count). The Morgan fingerprint density at radius 2 is 1.62 bits per heavy atom. The van der Waals surface area contributed by atoms with E-state index in [-0.39, 0.29) is 11.7 Å². The summed E-state index contributed by atoms with van der Waals surface area (Å²) in [5, 5.41) is 0.645. The summed E-state index contributed by atoms with van der Waals surface area (Å²) in [6, 6.07) is 16.5. The molecule has 0 saturated carbocycles. The van der Waals surface area contributed by atoms with E-state index in [9.17, 15) is 9.59 Å². The smallest absolute Gasteiger partial charge is 0.297 e. The highest BCUT2D eigenvalue weighted by atomic mass is 35.5. The molecule has 0 bridgehead atoms. The van der Waals surface area contributed by atoms with Crippen LogP contribution in [0.1, 0.15) is 16.7 Å². The van der Waals surface area contributed by atoms with Gasteiger partial charge in [0.25, 0.3) is 5.56 Å². The minimum Gasteiger partial charge on any atom is -0.297 e. The van der Waals surface area contributed by atoms with Crippen LogP contribution in [0.3, 0.4) is 0 Å². The molecule has 0 aliphatic heterocycles. The van der Waals surface area contributed by atoms with Crippen LogP contribution in [0, 0.1) is 0 Å². The SMILES string of the molecule is O=c1[nH]c(Cl)c(Cc2cccc(Cl)c2)c(=O)n1Cc1ccccc1. The van der Waals surface area contributed by atoms with Crippen LogP contribution >= 0.6 is 23.2 Å². The summed E-state index contributed by atoms with van der Waals surface area (Å²) in [5.41, 5.74) is 1.13. The zero-order chi connectivity index (χ0) is 17.1. The monoisotopic (exact) mass is 360 g/mol. The molecular weight excluding hydrogens is 347 g/mol. The normalized spacial score (nSPS) is 10.8. The van der Waals surface area contributed by atoms with E-state index in [1.165, 1.54) is 0 Å². The number of hydrogen-bond donors (Lipinski definition) is 1. The lowest BCUT2D eigenvalue weighted by Gasteiger charge is -2.09. The summed E-state index contributed by atoms with van der Waals surface area (Å²) in [5.74, 6) is 0. The van der Waals surface area contributed by atoms with Crippen molar-refractivity contribution in [3.05, 3.63) is 102 Å². The van der Waals surface area contributed by atoms with Gasteiger partial charge in [-0.05, 0) is 23.3 Å². The highest BCUT2D eigenvalue weighted by Gasteiger charge is 2.14. The molecule has 3 aromatic rings. The zero-order valence-electron chi connectivity index (χ0n) is 12.6. The summed E-state index contributed by atoms with van der Waals surface area (Å²) in [7, 11) is 0. The van der Waals surface area contributed by atoms with Crippen LogP contribution in [0.25, 0.3) is 0 Å². The highest BCUT2D eigenvalue weighted by molar-refractivity contribution is 6.30. The molecule has 0 aliphatic rings. The van der Waals surface area contributed by atoms with Gasteiger partial charge >= 0.3 is 5.69 Å². The topological polar surface area (TPSA) is 54.9 Å². The molecule has 122 valence electrons. The summed E-state index contributed by atoms with van der Waals surface area (Å²) in [4.78, 5) is 27.4. The Labute approximate surface area is 148 Å². The third kappa shape index (κ3) is 3.61. The van der Waals surface area contributed by atoms with Gasteiger partial charge < -0.3 is 0 Å². The maximum atomic E-state index is 12.7. The lowest BCUT2D eigenvalue weighted by atomic mass is 10.1. The van der Waals surface area contributed by atoms with Crippen molar-refractivity contribution in [2.75, 3.05) is 0 Å². The Bertz CT molecular complexity index is 978. The molecule has 0 spiro atoms. The van der Waals surface area contributed by atoms with E-state index >= 15 is 0 Å². The van der Waals surface area contributed by atoms with E-state index < -0.39 is 11.2 Å². The number of nitrogens with one attached hydrogen (secondary N) is 1. The molecule has 1 aromatic heterocycles. The molecule has 0 unspecified atom stereocenters. The van der Waals surface area contributed by atoms with Gasteiger partial charge in [0.2, 0.25) is 0 Å². The van der Waals surface area contributed by atoms with Crippen molar-refractivity contribution in [1.29, 1.82) is 0 Å². The number of rotatable bonds is 4. The van der Waals surface area contributed by atoms with Crippen LogP contribution in [0.15, 0.2) is 64.2 Å². The number of nitrogens with zero attached hydrogens (tertiary/aromatic N) is 1. The van der Waals surface area contributed by atoms with Gasteiger partial charge in [0.05, 0.1) is 12.1 Å². The first-order chi connectivity index (χ1) is 11.5. The van der Waals surface area contributed by atoms with Crippen molar-refractivity contribution >= 4 is 23.2 Å². The highest BCUT2D eigenvalue weighted by Crippen LogP contribution is 2.16. The van der Waals surface area contributed by atoms with E-state index in [2.05, 4.69) is 4.98 Å². The van der Waals surface area contributed by atoms with Crippen molar-refractivity contribution in [3.63, 3.8) is 0 Å². The minimum absolute atomic E-state index is 0.0642. The molecule has 0 radical (unpaired) electrons. The van der Waals surface area contributed by atoms with Crippen LogP contribution in [-0.2, 0) is 13.0 Å². The molecule has 0 amide bonds. The Morgan fingerprint density at radius 3 is 2.33 bits per heavy atom. The summed E-state index contributed by atoms with van der Waals surface area (Å²) in [6.45, 7) is 0.189. The number of halogens is 2. The van der Waals surface area contributed by atoms with Gasteiger partial charge in [0, 0.05) is 11.4 Å². The van der Waals surface area contributed by atoms with E-state index in [0.29, 0.717) is 17.0 Å². The van der Waals surface area contributed by atoms with Crippen LogP contribution in [-0.4, -0.2) is 9.55 Å². The van der Waals surface area contributed by atoms with Crippen molar-refractivity contribution in [3.8, 4) is 0 Å². The van der Waals surface area contributed by atoms with Crippen LogP contribution < -0.4 is 11.2 Å². The Balaban J connectivity index is 2.03.